The van der Waals surface area contributed by atoms with E-state index in [0.29, 0.717) is 22.9 Å². The van der Waals surface area contributed by atoms with Crippen molar-refractivity contribution in [1.82, 2.24) is 9.97 Å². The summed E-state index contributed by atoms with van der Waals surface area (Å²) < 4.78 is 25.7. The molecule has 1 aromatic carbocycles. The van der Waals surface area contributed by atoms with Crippen LogP contribution in [0.4, 0.5) is 26.1 Å². The normalized spacial score (nSPS) is 10.3. The number of nitrogens with one attached hydrogen (secondary N) is 1. The number of anilines is 3. The molecular weight excluding hydrogens is 226 g/mol. The molecular formula is C11H10F2N4. The van der Waals surface area contributed by atoms with Gasteiger partial charge in [-0.15, -0.1) is 0 Å². The minimum Gasteiger partial charge on any atom is -0.383 e. The van der Waals surface area contributed by atoms with E-state index in [0.717, 1.165) is 12.1 Å². The molecule has 2 rings (SSSR count). The molecule has 1 heterocycles. The number of halogens is 2. The van der Waals surface area contributed by atoms with Gasteiger partial charge >= 0.3 is 0 Å². The van der Waals surface area contributed by atoms with Crippen LogP contribution in [0, 0.1) is 18.6 Å². The third kappa shape index (κ3) is 2.30. The third-order valence-electron chi connectivity index (χ3n) is 2.31. The van der Waals surface area contributed by atoms with Gasteiger partial charge in [-0.1, -0.05) is 0 Å². The van der Waals surface area contributed by atoms with Crippen molar-refractivity contribution in [3.05, 3.63) is 41.7 Å². The fourth-order valence-corrected chi connectivity index (χ4v) is 1.30. The minimum absolute atomic E-state index is 0.338. The maximum Gasteiger partial charge on any atom is 0.160 e. The summed E-state index contributed by atoms with van der Waals surface area (Å²) in [5.41, 5.74) is 6.65. The van der Waals surface area contributed by atoms with Crippen molar-refractivity contribution in [1.29, 1.82) is 0 Å². The summed E-state index contributed by atoms with van der Waals surface area (Å²) in [4.78, 5) is 7.77. The van der Waals surface area contributed by atoms with Crippen LogP contribution in [0.3, 0.4) is 0 Å². The standard InChI is InChI=1S/C11H10F2N4/c1-6-10(14)15-5-16-11(6)17-7-2-3-8(12)9(13)4-7/h2-5H,1H3,(H3,14,15,16,17). The maximum atomic E-state index is 13.0. The maximum absolute atomic E-state index is 13.0. The van der Waals surface area contributed by atoms with Gasteiger partial charge in [0.2, 0.25) is 0 Å². The van der Waals surface area contributed by atoms with Gasteiger partial charge in [0.25, 0.3) is 0 Å². The lowest BCUT2D eigenvalue weighted by atomic mass is 10.2. The SMILES string of the molecule is Cc1c(N)ncnc1Nc1ccc(F)c(F)c1. The average molecular weight is 236 g/mol. The zero-order valence-electron chi connectivity index (χ0n) is 9.04. The molecule has 0 unspecified atom stereocenters. The Labute approximate surface area is 96.5 Å². The van der Waals surface area contributed by atoms with E-state index in [2.05, 4.69) is 15.3 Å². The van der Waals surface area contributed by atoms with Crippen LogP contribution >= 0.6 is 0 Å². The topological polar surface area (TPSA) is 63.8 Å². The van der Waals surface area contributed by atoms with Crippen molar-refractivity contribution >= 4 is 17.3 Å². The molecule has 0 spiro atoms. The molecule has 4 nitrogen and oxygen atoms in total. The number of rotatable bonds is 2. The first-order valence-corrected chi connectivity index (χ1v) is 4.87. The zero-order valence-corrected chi connectivity index (χ0v) is 9.04. The van der Waals surface area contributed by atoms with Crippen molar-refractivity contribution in [3.63, 3.8) is 0 Å². The fourth-order valence-electron chi connectivity index (χ4n) is 1.30. The van der Waals surface area contributed by atoms with Crippen LogP contribution in [-0.4, -0.2) is 9.97 Å². The molecule has 0 radical (unpaired) electrons. The predicted octanol–water partition coefficient (Wildman–Crippen LogP) is 2.39. The number of aromatic nitrogens is 2. The molecule has 0 saturated carbocycles. The highest BCUT2D eigenvalue weighted by Crippen LogP contribution is 2.21. The summed E-state index contributed by atoms with van der Waals surface area (Å²) >= 11 is 0. The third-order valence-corrected chi connectivity index (χ3v) is 2.31. The summed E-state index contributed by atoms with van der Waals surface area (Å²) in [6.07, 6.45) is 1.30. The van der Waals surface area contributed by atoms with E-state index < -0.39 is 11.6 Å². The van der Waals surface area contributed by atoms with Gasteiger partial charge in [-0.05, 0) is 19.1 Å². The lowest BCUT2D eigenvalue weighted by Gasteiger charge is -2.09. The molecule has 0 amide bonds. The van der Waals surface area contributed by atoms with Crippen molar-refractivity contribution < 1.29 is 8.78 Å². The molecule has 2 aromatic rings. The smallest absolute Gasteiger partial charge is 0.160 e. The molecule has 88 valence electrons. The van der Waals surface area contributed by atoms with Gasteiger partial charge in [0.1, 0.15) is 18.0 Å². The Morgan fingerprint density at radius 2 is 1.94 bits per heavy atom. The number of hydrogen-bond donors (Lipinski definition) is 2. The lowest BCUT2D eigenvalue weighted by Crippen LogP contribution is -2.02. The van der Waals surface area contributed by atoms with Gasteiger partial charge in [-0.25, -0.2) is 18.7 Å². The Kier molecular flexibility index (Phi) is 2.86. The second-order valence-electron chi connectivity index (χ2n) is 3.49. The largest absolute Gasteiger partial charge is 0.383 e. The quantitative estimate of drug-likeness (QED) is 0.840. The second kappa shape index (κ2) is 4.32. The van der Waals surface area contributed by atoms with Crippen molar-refractivity contribution in [3.8, 4) is 0 Å². The van der Waals surface area contributed by atoms with Crippen LogP contribution in [0.15, 0.2) is 24.5 Å². The summed E-state index contributed by atoms with van der Waals surface area (Å²) in [7, 11) is 0. The molecule has 6 heteroatoms. The summed E-state index contributed by atoms with van der Waals surface area (Å²) in [5.74, 6) is -1.02. The molecule has 17 heavy (non-hydrogen) atoms. The first-order chi connectivity index (χ1) is 8.08. The van der Waals surface area contributed by atoms with Crippen LogP contribution in [-0.2, 0) is 0 Å². The molecule has 0 aliphatic heterocycles. The predicted molar refractivity (Wildman–Crippen MR) is 60.8 cm³/mol. The number of nitrogens with two attached hydrogens (primary N) is 1. The number of benzene rings is 1. The number of nitrogens with zero attached hydrogens (tertiary/aromatic N) is 2. The summed E-state index contributed by atoms with van der Waals surface area (Å²) in [6.45, 7) is 1.73. The Hall–Kier alpha value is -2.24. The Balaban J connectivity index is 2.31. The van der Waals surface area contributed by atoms with E-state index in [1.54, 1.807) is 6.92 Å². The minimum atomic E-state index is -0.922. The molecule has 0 bridgehead atoms. The van der Waals surface area contributed by atoms with Gasteiger partial charge in [-0.2, -0.15) is 0 Å². The highest BCUT2D eigenvalue weighted by molar-refractivity contribution is 5.63. The molecule has 1 aromatic heterocycles. The average Bonchev–Trinajstić information content (AvgIpc) is 2.30. The van der Waals surface area contributed by atoms with Gasteiger partial charge in [0, 0.05) is 17.3 Å². The highest BCUT2D eigenvalue weighted by Gasteiger charge is 2.06. The van der Waals surface area contributed by atoms with Crippen molar-refractivity contribution in [2.45, 2.75) is 6.92 Å². The monoisotopic (exact) mass is 236 g/mol. The zero-order chi connectivity index (χ0) is 12.4. The van der Waals surface area contributed by atoms with Crippen LogP contribution < -0.4 is 11.1 Å². The van der Waals surface area contributed by atoms with Gasteiger partial charge in [-0.3, -0.25) is 0 Å². The lowest BCUT2D eigenvalue weighted by molar-refractivity contribution is 0.509. The first-order valence-electron chi connectivity index (χ1n) is 4.87. The Morgan fingerprint density at radius 1 is 1.18 bits per heavy atom. The van der Waals surface area contributed by atoms with E-state index in [1.165, 1.54) is 12.4 Å². The summed E-state index contributed by atoms with van der Waals surface area (Å²) in [6, 6.07) is 3.50. The van der Waals surface area contributed by atoms with E-state index in [1.807, 2.05) is 0 Å². The molecule has 3 N–H and O–H groups in total. The van der Waals surface area contributed by atoms with E-state index in [9.17, 15) is 8.78 Å². The van der Waals surface area contributed by atoms with Crippen LogP contribution in [0.25, 0.3) is 0 Å². The number of hydrogen-bond acceptors (Lipinski definition) is 4. The molecule has 0 saturated heterocycles. The van der Waals surface area contributed by atoms with E-state index >= 15 is 0 Å². The fraction of sp³-hybridized carbons (Fsp3) is 0.0909. The Morgan fingerprint density at radius 3 is 2.65 bits per heavy atom. The van der Waals surface area contributed by atoms with Gasteiger partial charge in [0.05, 0.1) is 0 Å². The second-order valence-corrected chi connectivity index (χ2v) is 3.49. The van der Waals surface area contributed by atoms with Crippen LogP contribution in [0.5, 0.6) is 0 Å². The van der Waals surface area contributed by atoms with E-state index in [4.69, 9.17) is 5.73 Å². The molecule has 0 aliphatic rings. The van der Waals surface area contributed by atoms with Crippen LogP contribution in [0.2, 0.25) is 0 Å². The number of nitrogen functional groups attached to an aromatic ring is 1. The van der Waals surface area contributed by atoms with Crippen molar-refractivity contribution in [2.24, 2.45) is 0 Å². The molecule has 0 atom stereocenters. The first kappa shape index (κ1) is 11.3. The van der Waals surface area contributed by atoms with Crippen molar-refractivity contribution in [2.75, 3.05) is 11.1 Å². The summed E-state index contributed by atoms with van der Waals surface area (Å²) in [5, 5.41) is 2.84. The molecule has 0 aliphatic carbocycles. The van der Waals surface area contributed by atoms with Gasteiger partial charge < -0.3 is 11.1 Å². The Bertz CT molecular complexity index is 557. The van der Waals surface area contributed by atoms with Gasteiger partial charge in [0.15, 0.2) is 11.6 Å². The molecule has 0 fully saturated rings. The van der Waals surface area contributed by atoms with E-state index in [-0.39, 0.29) is 0 Å². The van der Waals surface area contributed by atoms with Crippen LogP contribution in [0.1, 0.15) is 5.56 Å². The highest BCUT2D eigenvalue weighted by atomic mass is 19.2.